The van der Waals surface area contributed by atoms with Crippen molar-refractivity contribution in [3.63, 3.8) is 0 Å². The van der Waals surface area contributed by atoms with E-state index in [1.54, 1.807) is 24.8 Å². The summed E-state index contributed by atoms with van der Waals surface area (Å²) in [5.74, 6) is -0.00166. The number of morpholine rings is 1. The maximum absolute atomic E-state index is 14.7. The number of allylic oxidation sites excluding steroid dienone is 1. The van der Waals surface area contributed by atoms with Crippen LogP contribution in [0.4, 0.5) is 10.2 Å². The predicted molar refractivity (Wildman–Crippen MR) is 107 cm³/mol. The number of nitrogens with two attached hydrogens (primary N) is 1. The summed E-state index contributed by atoms with van der Waals surface area (Å²) < 4.78 is 22.4. The first kappa shape index (κ1) is 18.3. The molecule has 0 aromatic carbocycles. The van der Waals surface area contributed by atoms with E-state index in [-0.39, 0.29) is 18.3 Å². The first-order valence-corrected chi connectivity index (χ1v) is 9.91. The van der Waals surface area contributed by atoms with Gasteiger partial charge in [-0.1, -0.05) is 0 Å². The van der Waals surface area contributed by atoms with E-state index in [1.807, 2.05) is 21.6 Å². The van der Waals surface area contributed by atoms with E-state index in [2.05, 4.69) is 16.9 Å². The highest BCUT2D eigenvalue weighted by Crippen LogP contribution is 2.40. The molecular weight excluding hydrogens is 373 g/mol. The molecule has 8 heteroatoms. The van der Waals surface area contributed by atoms with Crippen molar-refractivity contribution >= 4 is 11.7 Å². The van der Waals surface area contributed by atoms with Crippen LogP contribution in [-0.4, -0.2) is 58.7 Å². The molecule has 0 unspecified atom stereocenters. The highest BCUT2D eigenvalue weighted by Gasteiger charge is 2.41. The van der Waals surface area contributed by atoms with Gasteiger partial charge >= 0.3 is 0 Å². The molecule has 0 aliphatic carbocycles. The number of piperidine rings is 1. The Morgan fingerprint density at radius 3 is 2.69 bits per heavy atom. The molecule has 2 bridgehead atoms. The van der Waals surface area contributed by atoms with Crippen LogP contribution >= 0.6 is 0 Å². The Hall–Kier alpha value is -2.71. The quantitative estimate of drug-likeness (QED) is 0.857. The van der Waals surface area contributed by atoms with Gasteiger partial charge in [0.2, 0.25) is 0 Å². The van der Waals surface area contributed by atoms with E-state index in [0.717, 1.165) is 24.3 Å². The minimum atomic E-state index is -0.549. The van der Waals surface area contributed by atoms with Crippen LogP contribution in [0.5, 0.6) is 0 Å². The van der Waals surface area contributed by atoms with Crippen molar-refractivity contribution in [2.75, 3.05) is 25.2 Å². The van der Waals surface area contributed by atoms with E-state index in [4.69, 9.17) is 10.5 Å². The zero-order chi connectivity index (χ0) is 20.1. The van der Waals surface area contributed by atoms with Crippen LogP contribution in [0.2, 0.25) is 0 Å². The molecule has 3 aliphatic rings. The second-order valence-electron chi connectivity index (χ2n) is 8.09. The molecule has 0 spiro atoms. The number of nitrogens with zero attached hydrogens (tertiary/aromatic N) is 4. The zero-order valence-electron chi connectivity index (χ0n) is 16.3. The lowest BCUT2D eigenvalue weighted by Gasteiger charge is -2.49. The van der Waals surface area contributed by atoms with Gasteiger partial charge in [-0.15, -0.1) is 0 Å². The van der Waals surface area contributed by atoms with Crippen molar-refractivity contribution in [1.29, 1.82) is 0 Å². The number of ether oxygens (including phenoxy) is 1. The Bertz CT molecular complexity index is 959. The molecule has 7 nitrogen and oxygen atoms in total. The monoisotopic (exact) mass is 397 g/mol. The number of fused-ring (bicyclic) bond motifs is 3. The number of primary amides is 1. The van der Waals surface area contributed by atoms with Gasteiger partial charge in [0, 0.05) is 48.7 Å². The largest absolute Gasteiger partial charge is 0.378 e. The first-order chi connectivity index (χ1) is 14.0. The molecule has 152 valence electrons. The fourth-order valence-electron chi connectivity index (χ4n) is 4.89. The Morgan fingerprint density at radius 1 is 1.28 bits per heavy atom. The normalized spacial score (nSPS) is 26.8. The van der Waals surface area contributed by atoms with Crippen LogP contribution < -0.4 is 10.6 Å². The summed E-state index contributed by atoms with van der Waals surface area (Å²) in [6.45, 7) is 1.37. The molecule has 1 amide bonds. The SMILES string of the molecule is CN1[C@@H]2COC[C@H]1C[C@@H](N1C=C(F)Cc3c(C(N)=O)cn(-c4cccnc4)c31)C2. The molecule has 2 saturated heterocycles. The predicted octanol–water partition coefficient (Wildman–Crippen LogP) is 2.01. The number of anilines is 1. The van der Waals surface area contributed by atoms with Crippen molar-refractivity contribution in [2.45, 2.75) is 37.4 Å². The lowest BCUT2D eigenvalue weighted by atomic mass is 9.89. The third-order valence-electron chi connectivity index (χ3n) is 6.39. The second kappa shape index (κ2) is 6.96. The summed E-state index contributed by atoms with van der Waals surface area (Å²) in [7, 11) is 2.13. The number of rotatable bonds is 3. The van der Waals surface area contributed by atoms with Gasteiger partial charge in [0.25, 0.3) is 5.91 Å². The van der Waals surface area contributed by atoms with Gasteiger partial charge in [0.15, 0.2) is 0 Å². The molecule has 3 atom stereocenters. The Kier molecular flexibility index (Phi) is 4.40. The third-order valence-corrected chi connectivity index (χ3v) is 6.39. The van der Waals surface area contributed by atoms with Gasteiger partial charge in [-0.05, 0) is 32.0 Å². The van der Waals surface area contributed by atoms with E-state index < -0.39 is 5.91 Å². The summed E-state index contributed by atoms with van der Waals surface area (Å²) in [4.78, 5) is 20.7. The van der Waals surface area contributed by atoms with E-state index in [0.29, 0.717) is 36.4 Å². The number of halogens is 1. The highest BCUT2D eigenvalue weighted by atomic mass is 19.1. The smallest absolute Gasteiger partial charge is 0.250 e. The highest BCUT2D eigenvalue weighted by molar-refractivity contribution is 5.96. The van der Waals surface area contributed by atoms with Gasteiger partial charge in [-0.25, -0.2) is 4.39 Å². The maximum Gasteiger partial charge on any atom is 0.250 e. The Labute approximate surface area is 168 Å². The minimum absolute atomic E-state index is 0.0694. The van der Waals surface area contributed by atoms with Crippen molar-refractivity contribution in [3.8, 4) is 5.69 Å². The Balaban J connectivity index is 1.62. The molecule has 3 aliphatic heterocycles. The standard InChI is InChI=1S/C21H24FN5O2/c1-25-16-6-15(7-17(25)12-29-11-16)26-9-13(22)5-18-19(20(23)28)10-27(21(18)26)14-3-2-4-24-8-14/h2-4,8-10,15-17H,5-7,11-12H2,1H3,(H2,23,28)/t15-,16-,17+. The number of carbonyl (C=O) groups excluding carboxylic acids is 1. The summed E-state index contributed by atoms with van der Waals surface area (Å²) in [5.41, 5.74) is 7.45. The van der Waals surface area contributed by atoms with Crippen LogP contribution in [0, 0.1) is 0 Å². The van der Waals surface area contributed by atoms with Gasteiger partial charge in [0.1, 0.15) is 11.6 Å². The van der Waals surface area contributed by atoms with Crippen LogP contribution in [0.15, 0.2) is 42.8 Å². The number of carbonyl (C=O) groups is 1. The fourth-order valence-corrected chi connectivity index (χ4v) is 4.89. The zero-order valence-corrected chi connectivity index (χ0v) is 16.3. The van der Waals surface area contributed by atoms with Crippen LogP contribution in [0.25, 0.3) is 5.69 Å². The molecule has 2 aromatic rings. The van der Waals surface area contributed by atoms with Crippen LogP contribution in [-0.2, 0) is 11.2 Å². The summed E-state index contributed by atoms with van der Waals surface area (Å²) in [6.07, 6.45) is 8.52. The maximum atomic E-state index is 14.7. The molecule has 5 heterocycles. The average Bonchev–Trinajstić information content (AvgIpc) is 3.07. The lowest BCUT2D eigenvalue weighted by Crippen LogP contribution is -2.59. The van der Waals surface area contributed by atoms with Gasteiger partial charge in [0.05, 0.1) is 30.7 Å². The van der Waals surface area contributed by atoms with Crippen LogP contribution in [0.1, 0.15) is 28.8 Å². The molecule has 2 fully saturated rings. The number of aromatic nitrogens is 2. The van der Waals surface area contributed by atoms with Crippen molar-refractivity contribution in [1.82, 2.24) is 14.5 Å². The molecule has 0 radical (unpaired) electrons. The third kappa shape index (κ3) is 3.03. The van der Waals surface area contributed by atoms with Gasteiger partial charge in [-0.3, -0.25) is 14.7 Å². The van der Waals surface area contributed by atoms with Crippen molar-refractivity contribution in [2.24, 2.45) is 5.73 Å². The molecule has 2 aromatic heterocycles. The minimum Gasteiger partial charge on any atom is -0.378 e. The average molecular weight is 397 g/mol. The first-order valence-electron chi connectivity index (χ1n) is 9.91. The number of hydrogen-bond donors (Lipinski definition) is 1. The molecule has 5 rings (SSSR count). The molecule has 2 N–H and O–H groups in total. The van der Waals surface area contributed by atoms with Gasteiger partial charge in [-0.2, -0.15) is 0 Å². The van der Waals surface area contributed by atoms with E-state index in [9.17, 15) is 9.18 Å². The Morgan fingerprint density at radius 2 is 2.03 bits per heavy atom. The number of pyridine rings is 1. The van der Waals surface area contributed by atoms with Crippen molar-refractivity contribution < 1.29 is 13.9 Å². The lowest BCUT2D eigenvalue weighted by molar-refractivity contribution is -0.0645. The number of amides is 1. The van der Waals surface area contributed by atoms with E-state index in [1.165, 1.54) is 0 Å². The molecule has 0 saturated carbocycles. The topological polar surface area (TPSA) is 76.6 Å². The number of hydrogen-bond acceptors (Lipinski definition) is 5. The molecular formula is C21H24FN5O2. The summed E-state index contributed by atoms with van der Waals surface area (Å²) >= 11 is 0. The van der Waals surface area contributed by atoms with Crippen molar-refractivity contribution in [3.05, 3.63) is 53.9 Å². The van der Waals surface area contributed by atoms with E-state index >= 15 is 0 Å². The summed E-state index contributed by atoms with van der Waals surface area (Å²) in [6, 6.07) is 4.47. The molecule has 29 heavy (non-hydrogen) atoms. The van der Waals surface area contributed by atoms with Gasteiger partial charge < -0.3 is 19.9 Å². The summed E-state index contributed by atoms with van der Waals surface area (Å²) in [5, 5.41) is 0. The van der Waals surface area contributed by atoms with Crippen LogP contribution in [0.3, 0.4) is 0 Å². The number of likely N-dealkylation sites (N-methyl/N-ethyl adjacent to an activating group) is 1. The fraction of sp³-hybridized carbons (Fsp3) is 0.429. The second-order valence-corrected chi connectivity index (χ2v) is 8.09.